The average molecular weight is 288 g/mol. The molecule has 0 unspecified atom stereocenters. The number of imidazole rings is 1. The van der Waals surface area contributed by atoms with Gasteiger partial charge in [0.25, 0.3) is 0 Å². The fourth-order valence-corrected chi connectivity index (χ4v) is 2.18. The lowest BCUT2D eigenvalue weighted by Crippen LogP contribution is -2.24. The Morgan fingerprint density at radius 1 is 1.61 bits per heavy atom. The van der Waals surface area contributed by atoms with Gasteiger partial charge in [-0.3, -0.25) is 4.79 Å². The second kappa shape index (κ2) is 5.07. The molecule has 96 valence electrons. The Bertz CT molecular complexity index is 664. The zero-order valence-corrected chi connectivity index (χ0v) is 11.2. The summed E-state index contributed by atoms with van der Waals surface area (Å²) in [5, 5.41) is 2.72. The third-order valence-electron chi connectivity index (χ3n) is 2.53. The van der Waals surface area contributed by atoms with E-state index < -0.39 is 5.82 Å². The zero-order valence-electron chi connectivity index (χ0n) is 9.59. The highest BCUT2D eigenvalue weighted by molar-refractivity contribution is 7.71. The van der Waals surface area contributed by atoms with Gasteiger partial charge in [-0.25, -0.2) is 4.39 Å². The fraction of sp³-hybridized carbons (Fsp3) is 0.273. The van der Waals surface area contributed by atoms with Crippen LogP contribution in [0.2, 0.25) is 5.02 Å². The maximum Gasteiger partial charge on any atom is 0.216 e. The van der Waals surface area contributed by atoms with Gasteiger partial charge in [0.2, 0.25) is 5.91 Å². The van der Waals surface area contributed by atoms with E-state index in [1.807, 2.05) is 0 Å². The van der Waals surface area contributed by atoms with E-state index in [1.54, 1.807) is 4.57 Å². The number of carbonyl (C=O) groups excluding carboxylic acids is 1. The van der Waals surface area contributed by atoms with Gasteiger partial charge < -0.3 is 14.9 Å². The number of aromatic amines is 1. The highest BCUT2D eigenvalue weighted by atomic mass is 35.5. The maximum atomic E-state index is 13.3. The highest BCUT2D eigenvalue weighted by Crippen LogP contribution is 2.22. The molecule has 4 nitrogen and oxygen atoms in total. The standard InChI is InChI=1S/C11H11ClFN3OS/c1-6(17)14-2-3-16-10-4-7(12)8(13)5-9(10)15-11(16)18/h4-5H,2-3H2,1H3,(H,14,17)(H,15,18). The van der Waals surface area contributed by atoms with Crippen LogP contribution in [0.4, 0.5) is 4.39 Å². The van der Waals surface area contributed by atoms with Gasteiger partial charge in [0.15, 0.2) is 4.77 Å². The van der Waals surface area contributed by atoms with Crippen molar-refractivity contribution in [3.63, 3.8) is 0 Å². The van der Waals surface area contributed by atoms with Crippen molar-refractivity contribution < 1.29 is 9.18 Å². The number of halogens is 2. The summed E-state index contributed by atoms with van der Waals surface area (Å²) >= 11 is 10.9. The first-order chi connectivity index (χ1) is 8.49. The van der Waals surface area contributed by atoms with E-state index in [9.17, 15) is 9.18 Å². The number of carbonyl (C=O) groups is 1. The molecule has 0 saturated carbocycles. The number of hydrogen-bond acceptors (Lipinski definition) is 2. The number of nitrogens with one attached hydrogen (secondary N) is 2. The molecule has 7 heteroatoms. The van der Waals surface area contributed by atoms with Crippen molar-refractivity contribution in [2.75, 3.05) is 6.54 Å². The van der Waals surface area contributed by atoms with Gasteiger partial charge in [-0.2, -0.15) is 0 Å². The predicted molar refractivity (Wildman–Crippen MR) is 70.8 cm³/mol. The Morgan fingerprint density at radius 2 is 2.33 bits per heavy atom. The normalized spacial score (nSPS) is 10.8. The molecule has 0 atom stereocenters. The quantitative estimate of drug-likeness (QED) is 0.853. The minimum Gasteiger partial charge on any atom is -0.355 e. The van der Waals surface area contributed by atoms with Crippen molar-refractivity contribution >= 4 is 40.8 Å². The lowest BCUT2D eigenvalue weighted by molar-refractivity contribution is -0.118. The first kappa shape index (κ1) is 13.0. The minimum absolute atomic E-state index is 0.0461. The topological polar surface area (TPSA) is 49.8 Å². The summed E-state index contributed by atoms with van der Waals surface area (Å²) in [6, 6.07) is 2.83. The molecule has 0 spiro atoms. The number of benzene rings is 1. The van der Waals surface area contributed by atoms with Crippen molar-refractivity contribution in [2.24, 2.45) is 0 Å². The Kier molecular flexibility index (Phi) is 3.68. The molecule has 18 heavy (non-hydrogen) atoms. The Morgan fingerprint density at radius 3 is 3.00 bits per heavy atom. The van der Waals surface area contributed by atoms with Crippen molar-refractivity contribution in [2.45, 2.75) is 13.5 Å². The molecule has 1 amide bonds. The van der Waals surface area contributed by atoms with Gasteiger partial charge in [-0.1, -0.05) is 11.6 Å². The summed E-state index contributed by atoms with van der Waals surface area (Å²) in [6.07, 6.45) is 0. The van der Waals surface area contributed by atoms with Gasteiger partial charge in [0.1, 0.15) is 5.82 Å². The van der Waals surface area contributed by atoms with Crippen LogP contribution in [0.1, 0.15) is 6.92 Å². The van der Waals surface area contributed by atoms with Gasteiger partial charge in [-0.05, 0) is 18.3 Å². The van der Waals surface area contributed by atoms with E-state index in [4.69, 9.17) is 23.8 Å². The molecule has 0 aliphatic rings. The van der Waals surface area contributed by atoms with Crippen molar-refractivity contribution in [3.8, 4) is 0 Å². The van der Waals surface area contributed by atoms with E-state index in [0.29, 0.717) is 23.4 Å². The van der Waals surface area contributed by atoms with Crippen LogP contribution >= 0.6 is 23.8 Å². The van der Waals surface area contributed by atoms with Crippen LogP contribution in [0.25, 0.3) is 11.0 Å². The van der Waals surface area contributed by atoms with E-state index in [0.717, 1.165) is 5.52 Å². The summed E-state index contributed by atoms with van der Waals surface area (Å²) in [7, 11) is 0. The smallest absolute Gasteiger partial charge is 0.216 e. The van der Waals surface area contributed by atoms with Gasteiger partial charge in [-0.15, -0.1) is 0 Å². The number of aromatic nitrogens is 2. The van der Waals surface area contributed by atoms with Crippen LogP contribution in [0, 0.1) is 10.6 Å². The van der Waals surface area contributed by atoms with Crippen LogP contribution in [-0.2, 0) is 11.3 Å². The molecule has 1 heterocycles. The fourth-order valence-electron chi connectivity index (χ4n) is 1.72. The number of nitrogens with zero attached hydrogens (tertiary/aromatic N) is 1. The monoisotopic (exact) mass is 287 g/mol. The highest BCUT2D eigenvalue weighted by Gasteiger charge is 2.08. The molecule has 0 fully saturated rings. The molecule has 1 aromatic heterocycles. The van der Waals surface area contributed by atoms with Gasteiger partial charge >= 0.3 is 0 Å². The Hall–Kier alpha value is -1.40. The molecule has 2 aromatic rings. The zero-order chi connectivity index (χ0) is 13.3. The molecular formula is C11H11ClFN3OS. The molecular weight excluding hydrogens is 277 g/mol. The first-order valence-electron chi connectivity index (χ1n) is 5.31. The Labute approximate surface area is 113 Å². The van der Waals surface area contributed by atoms with Crippen molar-refractivity contribution in [3.05, 3.63) is 27.7 Å². The number of amides is 1. The van der Waals surface area contributed by atoms with Crippen LogP contribution in [0.5, 0.6) is 0 Å². The molecule has 0 bridgehead atoms. The summed E-state index contributed by atoms with van der Waals surface area (Å²) in [5.41, 5.74) is 1.31. The van der Waals surface area contributed by atoms with E-state index in [-0.39, 0.29) is 10.9 Å². The van der Waals surface area contributed by atoms with E-state index in [1.165, 1.54) is 19.1 Å². The van der Waals surface area contributed by atoms with Gasteiger partial charge in [0, 0.05) is 26.1 Å². The number of hydrogen-bond donors (Lipinski definition) is 2. The predicted octanol–water partition coefficient (Wildman–Crippen LogP) is 2.63. The second-order valence-corrected chi connectivity index (χ2v) is 4.64. The number of fused-ring (bicyclic) bond motifs is 1. The average Bonchev–Trinajstić information content (AvgIpc) is 2.56. The maximum absolute atomic E-state index is 13.3. The van der Waals surface area contributed by atoms with E-state index in [2.05, 4.69) is 10.3 Å². The lowest BCUT2D eigenvalue weighted by atomic mass is 10.3. The molecule has 2 N–H and O–H groups in total. The van der Waals surface area contributed by atoms with Crippen LogP contribution in [0.15, 0.2) is 12.1 Å². The second-order valence-electron chi connectivity index (χ2n) is 3.85. The van der Waals surface area contributed by atoms with Crippen LogP contribution < -0.4 is 5.32 Å². The molecule has 0 aliphatic carbocycles. The van der Waals surface area contributed by atoms with Crippen molar-refractivity contribution in [1.82, 2.24) is 14.9 Å². The molecule has 2 rings (SSSR count). The first-order valence-corrected chi connectivity index (χ1v) is 6.09. The molecule has 0 saturated heterocycles. The van der Waals surface area contributed by atoms with Crippen LogP contribution in [0.3, 0.4) is 0 Å². The minimum atomic E-state index is -0.491. The summed E-state index contributed by atoms with van der Waals surface area (Å²) in [6.45, 7) is 2.40. The third-order valence-corrected chi connectivity index (χ3v) is 3.14. The SMILES string of the molecule is CC(=O)NCCn1c(=S)[nH]c2cc(F)c(Cl)cc21. The van der Waals surface area contributed by atoms with Crippen molar-refractivity contribution in [1.29, 1.82) is 0 Å². The number of H-pyrrole nitrogens is 1. The lowest BCUT2D eigenvalue weighted by Gasteiger charge is -2.05. The number of rotatable bonds is 3. The third kappa shape index (κ3) is 2.54. The summed E-state index contributed by atoms with van der Waals surface area (Å²) < 4.78 is 15.5. The summed E-state index contributed by atoms with van der Waals surface area (Å²) in [5.74, 6) is -0.597. The van der Waals surface area contributed by atoms with Gasteiger partial charge in [0.05, 0.1) is 16.1 Å². The largest absolute Gasteiger partial charge is 0.355 e. The Balaban J connectivity index is 2.37. The molecule has 0 radical (unpaired) electrons. The molecule has 0 aliphatic heterocycles. The van der Waals surface area contributed by atoms with Crippen LogP contribution in [-0.4, -0.2) is 22.0 Å². The summed E-state index contributed by atoms with van der Waals surface area (Å²) in [4.78, 5) is 13.7. The van der Waals surface area contributed by atoms with E-state index >= 15 is 0 Å². The molecule has 1 aromatic carbocycles.